The van der Waals surface area contributed by atoms with Gasteiger partial charge in [-0.25, -0.2) is 0 Å². The number of benzene rings is 1. The van der Waals surface area contributed by atoms with Crippen LogP contribution in [0.25, 0.3) is 0 Å². The first-order chi connectivity index (χ1) is 8.04. The van der Waals surface area contributed by atoms with Crippen LogP contribution in [0.3, 0.4) is 0 Å². The fraction of sp³-hybridized carbons (Fsp3) is 0.333. The summed E-state index contributed by atoms with van der Waals surface area (Å²) in [6.45, 7) is 2.16. The van der Waals surface area contributed by atoms with Gasteiger partial charge >= 0.3 is 5.97 Å². The van der Waals surface area contributed by atoms with E-state index in [0.717, 1.165) is 10.0 Å². The van der Waals surface area contributed by atoms with E-state index in [0.29, 0.717) is 25.0 Å². The van der Waals surface area contributed by atoms with Crippen LogP contribution in [0.2, 0.25) is 0 Å². The monoisotopic (exact) mass is 318 g/mol. The zero-order valence-electron chi connectivity index (χ0n) is 9.33. The summed E-state index contributed by atoms with van der Waals surface area (Å²) in [5.74, 6) is -0.225. The second-order valence-corrected chi connectivity index (χ2v) is 4.58. The molecule has 5 heteroatoms. The quantitative estimate of drug-likeness (QED) is 0.617. The SMILES string of the molecule is CCOC(=O)CCc1ccc(C(=O)Cl)cc1Br. The van der Waals surface area contributed by atoms with Crippen LogP contribution >= 0.6 is 27.5 Å². The minimum Gasteiger partial charge on any atom is -0.466 e. The van der Waals surface area contributed by atoms with Gasteiger partial charge in [-0.15, -0.1) is 0 Å². The molecule has 1 rings (SSSR count). The number of carbonyl (C=O) groups is 2. The van der Waals surface area contributed by atoms with E-state index in [9.17, 15) is 9.59 Å². The third-order valence-electron chi connectivity index (χ3n) is 2.18. The molecule has 0 saturated heterocycles. The van der Waals surface area contributed by atoms with Crippen LogP contribution in [0.4, 0.5) is 0 Å². The smallest absolute Gasteiger partial charge is 0.306 e. The van der Waals surface area contributed by atoms with Crippen molar-refractivity contribution in [2.75, 3.05) is 6.61 Å². The topological polar surface area (TPSA) is 43.4 Å². The van der Waals surface area contributed by atoms with Gasteiger partial charge in [0.1, 0.15) is 0 Å². The van der Waals surface area contributed by atoms with Gasteiger partial charge in [0.15, 0.2) is 0 Å². The van der Waals surface area contributed by atoms with Crippen molar-refractivity contribution in [3.05, 3.63) is 33.8 Å². The highest BCUT2D eigenvalue weighted by molar-refractivity contribution is 9.10. The third-order valence-corrected chi connectivity index (χ3v) is 3.14. The van der Waals surface area contributed by atoms with Crippen LogP contribution in [0.15, 0.2) is 22.7 Å². The van der Waals surface area contributed by atoms with E-state index in [2.05, 4.69) is 15.9 Å². The van der Waals surface area contributed by atoms with Gasteiger partial charge in [0.25, 0.3) is 5.24 Å². The van der Waals surface area contributed by atoms with E-state index in [4.69, 9.17) is 16.3 Å². The Morgan fingerprint density at radius 1 is 1.41 bits per heavy atom. The van der Waals surface area contributed by atoms with Crippen LogP contribution < -0.4 is 0 Å². The number of rotatable bonds is 5. The first-order valence-corrected chi connectivity index (χ1v) is 6.35. The predicted molar refractivity (Wildman–Crippen MR) is 69.3 cm³/mol. The van der Waals surface area contributed by atoms with Gasteiger partial charge < -0.3 is 4.74 Å². The Labute approximate surface area is 113 Å². The molecule has 0 N–H and O–H groups in total. The lowest BCUT2D eigenvalue weighted by Crippen LogP contribution is -2.05. The van der Waals surface area contributed by atoms with Crippen LogP contribution in [-0.4, -0.2) is 17.8 Å². The van der Waals surface area contributed by atoms with E-state index in [-0.39, 0.29) is 5.97 Å². The number of hydrogen-bond acceptors (Lipinski definition) is 3. The van der Waals surface area contributed by atoms with Crippen LogP contribution in [0.1, 0.15) is 29.3 Å². The second kappa shape index (κ2) is 6.77. The van der Waals surface area contributed by atoms with E-state index in [1.165, 1.54) is 0 Å². The number of ether oxygens (including phenoxy) is 1. The van der Waals surface area contributed by atoms with Crippen molar-refractivity contribution in [2.45, 2.75) is 19.8 Å². The molecule has 0 heterocycles. The molecule has 0 aliphatic carbocycles. The number of halogens is 2. The van der Waals surface area contributed by atoms with E-state index < -0.39 is 5.24 Å². The lowest BCUT2D eigenvalue weighted by molar-refractivity contribution is -0.143. The van der Waals surface area contributed by atoms with Crippen molar-refractivity contribution < 1.29 is 14.3 Å². The first kappa shape index (κ1) is 14.2. The highest BCUT2D eigenvalue weighted by Crippen LogP contribution is 2.21. The highest BCUT2D eigenvalue weighted by Gasteiger charge is 2.08. The van der Waals surface area contributed by atoms with Gasteiger partial charge in [-0.05, 0) is 42.6 Å². The highest BCUT2D eigenvalue weighted by atomic mass is 79.9. The second-order valence-electron chi connectivity index (χ2n) is 3.38. The van der Waals surface area contributed by atoms with E-state index in [1.54, 1.807) is 25.1 Å². The zero-order valence-corrected chi connectivity index (χ0v) is 11.7. The molecule has 0 atom stereocenters. The Hall–Kier alpha value is -0.870. The summed E-state index contributed by atoms with van der Waals surface area (Å²) in [5, 5.41) is -0.498. The average molecular weight is 320 g/mol. The fourth-order valence-corrected chi connectivity index (χ4v) is 2.04. The summed E-state index contributed by atoms with van der Waals surface area (Å²) in [5.41, 5.74) is 1.37. The van der Waals surface area contributed by atoms with Gasteiger partial charge in [-0.1, -0.05) is 22.0 Å². The van der Waals surface area contributed by atoms with Gasteiger partial charge in [-0.3, -0.25) is 9.59 Å². The molecule has 0 spiro atoms. The minimum absolute atomic E-state index is 0.225. The Balaban J connectivity index is 2.66. The molecule has 0 fully saturated rings. The molecule has 0 bridgehead atoms. The summed E-state index contributed by atoms with van der Waals surface area (Å²) < 4.78 is 5.61. The van der Waals surface area contributed by atoms with Crippen LogP contribution in [0, 0.1) is 0 Å². The standard InChI is InChI=1S/C12H12BrClO3/c1-2-17-11(15)6-5-8-3-4-9(12(14)16)7-10(8)13/h3-4,7H,2,5-6H2,1H3. The average Bonchev–Trinajstić information content (AvgIpc) is 2.27. The maximum Gasteiger partial charge on any atom is 0.306 e. The minimum atomic E-state index is -0.498. The maximum atomic E-state index is 11.2. The number of carbonyl (C=O) groups excluding carboxylic acids is 2. The Morgan fingerprint density at radius 2 is 2.12 bits per heavy atom. The summed E-state index contributed by atoms with van der Waals surface area (Å²) in [7, 11) is 0. The molecule has 0 aliphatic heterocycles. The lowest BCUT2D eigenvalue weighted by Gasteiger charge is -2.05. The van der Waals surface area contributed by atoms with Crippen LogP contribution in [-0.2, 0) is 16.0 Å². The molecule has 0 amide bonds. The Morgan fingerprint density at radius 3 is 2.65 bits per heavy atom. The van der Waals surface area contributed by atoms with Crippen molar-refractivity contribution in [3.63, 3.8) is 0 Å². The van der Waals surface area contributed by atoms with Crippen molar-refractivity contribution in [2.24, 2.45) is 0 Å². The molecule has 0 aromatic heterocycles. The normalized spacial score (nSPS) is 10.1. The largest absolute Gasteiger partial charge is 0.466 e. The molecular formula is C12H12BrClO3. The van der Waals surface area contributed by atoms with Gasteiger partial charge in [0, 0.05) is 16.5 Å². The first-order valence-electron chi connectivity index (χ1n) is 5.18. The molecule has 3 nitrogen and oxygen atoms in total. The van der Waals surface area contributed by atoms with Crippen molar-refractivity contribution in [1.82, 2.24) is 0 Å². The van der Waals surface area contributed by atoms with Gasteiger partial charge in [-0.2, -0.15) is 0 Å². The molecule has 92 valence electrons. The predicted octanol–water partition coefficient (Wildman–Crippen LogP) is 3.32. The van der Waals surface area contributed by atoms with Crippen molar-refractivity contribution in [3.8, 4) is 0 Å². The van der Waals surface area contributed by atoms with Gasteiger partial charge in [0.05, 0.1) is 6.61 Å². The van der Waals surface area contributed by atoms with Crippen molar-refractivity contribution in [1.29, 1.82) is 0 Å². The summed E-state index contributed by atoms with van der Waals surface area (Å²) in [6.07, 6.45) is 0.886. The van der Waals surface area contributed by atoms with E-state index in [1.807, 2.05) is 0 Å². The summed E-state index contributed by atoms with van der Waals surface area (Å²) >= 11 is 8.70. The molecule has 0 unspecified atom stereocenters. The molecule has 0 radical (unpaired) electrons. The number of esters is 1. The molecule has 0 aliphatic rings. The zero-order chi connectivity index (χ0) is 12.8. The maximum absolute atomic E-state index is 11.2. The van der Waals surface area contributed by atoms with Gasteiger partial charge in [0.2, 0.25) is 0 Å². The van der Waals surface area contributed by atoms with Crippen LogP contribution in [0.5, 0.6) is 0 Å². The number of hydrogen-bond donors (Lipinski definition) is 0. The Kier molecular flexibility index (Phi) is 5.65. The Bertz CT molecular complexity index is 432. The molecule has 1 aromatic rings. The molecule has 17 heavy (non-hydrogen) atoms. The third kappa shape index (κ3) is 4.48. The van der Waals surface area contributed by atoms with Crippen molar-refractivity contribution >= 4 is 38.7 Å². The fourth-order valence-electron chi connectivity index (χ4n) is 1.34. The number of aryl methyl sites for hydroxylation is 1. The van der Waals surface area contributed by atoms with E-state index >= 15 is 0 Å². The molecular weight excluding hydrogens is 307 g/mol. The summed E-state index contributed by atoms with van der Waals surface area (Å²) in [4.78, 5) is 22.1. The molecule has 0 saturated carbocycles. The lowest BCUT2D eigenvalue weighted by atomic mass is 10.1. The summed E-state index contributed by atoms with van der Waals surface area (Å²) in [6, 6.07) is 5.06. The molecule has 1 aromatic carbocycles.